The first kappa shape index (κ1) is 18.5. The highest BCUT2D eigenvalue weighted by Crippen LogP contribution is 1.93. The molecule has 1 heterocycles. The van der Waals surface area contributed by atoms with E-state index in [1.165, 1.54) is 0 Å². The van der Waals surface area contributed by atoms with Crippen LogP contribution in [0.1, 0.15) is 33.6 Å². The molecule has 0 spiro atoms. The summed E-state index contributed by atoms with van der Waals surface area (Å²) in [4.78, 5) is 4.57. The number of hydrogen-bond acceptors (Lipinski definition) is 3. The molecule has 0 saturated heterocycles. The average molecular weight is 309 g/mol. The lowest BCUT2D eigenvalue weighted by Crippen LogP contribution is -2.38. The predicted octanol–water partition coefficient (Wildman–Crippen LogP) is 1.89. The molecule has 0 aromatic carbocycles. The van der Waals surface area contributed by atoms with Crippen LogP contribution >= 0.6 is 0 Å². The first-order valence-corrected chi connectivity index (χ1v) is 8.29. The van der Waals surface area contributed by atoms with E-state index < -0.39 is 0 Å². The maximum absolute atomic E-state index is 5.57. The molecule has 0 aliphatic carbocycles. The van der Waals surface area contributed by atoms with Gasteiger partial charge in [-0.2, -0.15) is 5.10 Å². The fourth-order valence-corrected chi connectivity index (χ4v) is 1.90. The molecule has 0 atom stereocenters. The largest absolute Gasteiger partial charge is 0.381 e. The highest BCUT2D eigenvalue weighted by Gasteiger charge is 1.98. The molecular weight excluding hydrogens is 278 g/mol. The van der Waals surface area contributed by atoms with Crippen molar-refractivity contribution in [2.75, 3.05) is 32.8 Å². The Morgan fingerprint density at radius 3 is 2.86 bits per heavy atom. The maximum Gasteiger partial charge on any atom is 0.191 e. The maximum atomic E-state index is 5.57. The van der Waals surface area contributed by atoms with E-state index in [0.717, 1.165) is 58.2 Å². The minimum Gasteiger partial charge on any atom is -0.381 e. The molecule has 6 heteroatoms. The van der Waals surface area contributed by atoms with Gasteiger partial charge in [-0.05, 0) is 31.7 Å². The van der Waals surface area contributed by atoms with Gasteiger partial charge in [-0.25, -0.2) is 0 Å². The van der Waals surface area contributed by atoms with Crippen LogP contribution in [-0.4, -0.2) is 48.6 Å². The number of hydrogen-bond donors (Lipinski definition) is 2. The summed E-state index contributed by atoms with van der Waals surface area (Å²) in [5.41, 5.74) is 0. The van der Waals surface area contributed by atoms with Gasteiger partial charge >= 0.3 is 0 Å². The Hall–Kier alpha value is -1.56. The Bertz CT molecular complexity index is 389. The number of aryl methyl sites for hydroxylation is 1. The smallest absolute Gasteiger partial charge is 0.191 e. The van der Waals surface area contributed by atoms with Crippen molar-refractivity contribution in [3.05, 3.63) is 18.5 Å². The van der Waals surface area contributed by atoms with Crippen LogP contribution in [0.5, 0.6) is 0 Å². The van der Waals surface area contributed by atoms with E-state index in [2.05, 4.69) is 41.5 Å². The van der Waals surface area contributed by atoms with Crippen LogP contribution in [0.25, 0.3) is 0 Å². The highest BCUT2D eigenvalue weighted by molar-refractivity contribution is 5.79. The molecule has 6 nitrogen and oxygen atoms in total. The monoisotopic (exact) mass is 309 g/mol. The van der Waals surface area contributed by atoms with E-state index in [0.29, 0.717) is 5.92 Å². The fraction of sp³-hybridized carbons (Fsp3) is 0.750. The number of aliphatic imine (C=N–C) groups is 1. The van der Waals surface area contributed by atoms with E-state index in [4.69, 9.17) is 4.74 Å². The molecule has 0 amide bonds. The number of guanidine groups is 1. The zero-order valence-corrected chi connectivity index (χ0v) is 14.2. The molecule has 0 saturated carbocycles. The summed E-state index contributed by atoms with van der Waals surface area (Å²) in [6.45, 7) is 11.5. The zero-order valence-electron chi connectivity index (χ0n) is 14.2. The minimum absolute atomic E-state index is 0.599. The van der Waals surface area contributed by atoms with Crippen molar-refractivity contribution < 1.29 is 4.74 Å². The number of nitrogens with one attached hydrogen (secondary N) is 2. The first-order valence-electron chi connectivity index (χ1n) is 8.29. The van der Waals surface area contributed by atoms with Crippen molar-refractivity contribution in [3.8, 4) is 0 Å². The van der Waals surface area contributed by atoms with Crippen molar-refractivity contribution in [1.29, 1.82) is 0 Å². The summed E-state index contributed by atoms with van der Waals surface area (Å²) in [5.74, 6) is 1.48. The van der Waals surface area contributed by atoms with Crippen LogP contribution in [0.3, 0.4) is 0 Å². The second-order valence-electron chi connectivity index (χ2n) is 5.63. The highest BCUT2D eigenvalue weighted by atomic mass is 16.5. The molecular formula is C16H31N5O. The first-order chi connectivity index (χ1) is 10.7. The molecule has 126 valence electrons. The van der Waals surface area contributed by atoms with E-state index in [9.17, 15) is 0 Å². The molecule has 2 N–H and O–H groups in total. The quantitative estimate of drug-likeness (QED) is 0.372. The summed E-state index contributed by atoms with van der Waals surface area (Å²) in [6, 6.07) is 1.94. The van der Waals surface area contributed by atoms with Gasteiger partial charge in [0.05, 0.1) is 0 Å². The Morgan fingerprint density at radius 2 is 2.18 bits per heavy atom. The fourth-order valence-electron chi connectivity index (χ4n) is 1.90. The van der Waals surface area contributed by atoms with Crippen molar-refractivity contribution in [2.24, 2.45) is 10.9 Å². The summed E-state index contributed by atoms with van der Waals surface area (Å²) < 4.78 is 7.50. The van der Waals surface area contributed by atoms with Gasteiger partial charge in [0.1, 0.15) is 0 Å². The molecule has 0 aliphatic rings. The van der Waals surface area contributed by atoms with Gasteiger partial charge in [-0.3, -0.25) is 9.67 Å². The van der Waals surface area contributed by atoms with Gasteiger partial charge in [0.15, 0.2) is 5.96 Å². The molecule has 22 heavy (non-hydrogen) atoms. The summed E-state index contributed by atoms with van der Waals surface area (Å²) in [7, 11) is 0. The van der Waals surface area contributed by atoms with Crippen LogP contribution in [0.2, 0.25) is 0 Å². The third-order valence-corrected chi connectivity index (χ3v) is 2.93. The van der Waals surface area contributed by atoms with Gasteiger partial charge in [-0.1, -0.05) is 13.8 Å². The van der Waals surface area contributed by atoms with Gasteiger partial charge in [0.25, 0.3) is 0 Å². The SMILES string of the molecule is CCNC(=NCCCn1cccn1)NCCCOCC(C)C. The van der Waals surface area contributed by atoms with Crippen LogP contribution in [0, 0.1) is 5.92 Å². The third kappa shape index (κ3) is 9.39. The number of aromatic nitrogens is 2. The van der Waals surface area contributed by atoms with Gasteiger partial charge in [0.2, 0.25) is 0 Å². The lowest BCUT2D eigenvalue weighted by atomic mass is 10.2. The predicted molar refractivity (Wildman–Crippen MR) is 91.1 cm³/mol. The van der Waals surface area contributed by atoms with Gasteiger partial charge in [0, 0.05) is 51.8 Å². The van der Waals surface area contributed by atoms with E-state index in [1.54, 1.807) is 6.20 Å². The van der Waals surface area contributed by atoms with Gasteiger partial charge < -0.3 is 15.4 Å². The normalized spacial score (nSPS) is 11.9. The van der Waals surface area contributed by atoms with Crippen molar-refractivity contribution in [3.63, 3.8) is 0 Å². The van der Waals surface area contributed by atoms with E-state index in [1.807, 2.05) is 16.9 Å². The second-order valence-corrected chi connectivity index (χ2v) is 5.63. The standard InChI is InChI=1S/C16H31N5O/c1-4-17-16(19-9-7-13-22-14-15(2)3)18-8-5-11-21-12-6-10-20-21/h6,10,12,15H,4-5,7-9,11,13-14H2,1-3H3,(H2,17,18,19). The van der Waals surface area contributed by atoms with Crippen LogP contribution in [0.15, 0.2) is 23.5 Å². The van der Waals surface area contributed by atoms with Gasteiger partial charge in [-0.15, -0.1) is 0 Å². The summed E-state index contributed by atoms with van der Waals surface area (Å²) in [6.07, 6.45) is 5.75. The lowest BCUT2D eigenvalue weighted by molar-refractivity contribution is 0.108. The third-order valence-electron chi connectivity index (χ3n) is 2.93. The molecule has 0 fully saturated rings. The Morgan fingerprint density at radius 1 is 1.32 bits per heavy atom. The number of nitrogens with zero attached hydrogens (tertiary/aromatic N) is 3. The molecule has 0 unspecified atom stereocenters. The van der Waals surface area contributed by atoms with E-state index in [-0.39, 0.29) is 0 Å². The second kappa shape index (κ2) is 12.0. The Balaban J connectivity index is 2.12. The Kier molecular flexibility index (Phi) is 10.1. The topological polar surface area (TPSA) is 63.5 Å². The summed E-state index contributed by atoms with van der Waals surface area (Å²) in [5, 5.41) is 10.8. The van der Waals surface area contributed by atoms with Crippen LogP contribution in [-0.2, 0) is 11.3 Å². The number of ether oxygens (including phenoxy) is 1. The lowest BCUT2D eigenvalue weighted by Gasteiger charge is -2.12. The zero-order chi connectivity index (χ0) is 16.0. The Labute approximate surface area is 134 Å². The van der Waals surface area contributed by atoms with Crippen molar-refractivity contribution >= 4 is 5.96 Å². The van der Waals surface area contributed by atoms with E-state index >= 15 is 0 Å². The van der Waals surface area contributed by atoms with Crippen LogP contribution in [0.4, 0.5) is 0 Å². The van der Waals surface area contributed by atoms with Crippen molar-refractivity contribution in [1.82, 2.24) is 20.4 Å². The summed E-state index contributed by atoms with van der Waals surface area (Å²) >= 11 is 0. The molecule has 0 bridgehead atoms. The molecule has 1 aromatic rings. The molecule has 0 radical (unpaired) electrons. The van der Waals surface area contributed by atoms with Crippen molar-refractivity contribution in [2.45, 2.75) is 40.2 Å². The van der Waals surface area contributed by atoms with Crippen LogP contribution < -0.4 is 10.6 Å². The number of rotatable bonds is 11. The molecule has 0 aliphatic heterocycles. The molecule has 1 rings (SSSR count). The average Bonchev–Trinajstić information content (AvgIpc) is 3.00. The molecule has 1 aromatic heterocycles. The minimum atomic E-state index is 0.599.